The maximum atomic E-state index is 10.8. The molecular weight excluding hydrogens is 314 g/mol. The number of benzene rings is 2. The minimum absolute atomic E-state index is 0.0392. The summed E-state index contributed by atoms with van der Waals surface area (Å²) < 4.78 is 5.29. The Morgan fingerprint density at radius 3 is 2.65 bits per heavy atom. The number of nitrogens with one attached hydrogen (secondary N) is 1. The monoisotopic (exact) mass is 327 g/mol. The van der Waals surface area contributed by atoms with E-state index in [0.717, 1.165) is 16.7 Å². The second-order valence-corrected chi connectivity index (χ2v) is 5.49. The summed E-state index contributed by atoms with van der Waals surface area (Å²) in [5, 5.41) is 15.2. The Balaban J connectivity index is 2.11. The maximum absolute atomic E-state index is 10.8. The standard InChI is InChI=1S/C16H13N3O3S/c1-22-13-7-4-11-8-15(23)17-18-16(14(11)9-13)10-2-5-12(6-3-10)19(20)21/h2-7,9H,8H2,1H3,(H,17,23). The van der Waals surface area contributed by atoms with Crippen LogP contribution < -0.4 is 10.2 Å². The fourth-order valence-corrected chi connectivity index (χ4v) is 2.61. The van der Waals surface area contributed by atoms with Gasteiger partial charge in [-0.3, -0.25) is 15.5 Å². The average Bonchev–Trinajstić information content (AvgIpc) is 2.72. The summed E-state index contributed by atoms with van der Waals surface area (Å²) in [5.74, 6) is 0.714. The molecule has 0 atom stereocenters. The van der Waals surface area contributed by atoms with E-state index in [1.54, 1.807) is 19.2 Å². The highest BCUT2D eigenvalue weighted by molar-refractivity contribution is 7.80. The van der Waals surface area contributed by atoms with Crippen LogP contribution in [0.3, 0.4) is 0 Å². The van der Waals surface area contributed by atoms with Crippen LogP contribution in [0.5, 0.6) is 5.75 Å². The van der Waals surface area contributed by atoms with Crippen molar-refractivity contribution in [3.8, 4) is 5.75 Å². The van der Waals surface area contributed by atoms with Crippen molar-refractivity contribution in [2.45, 2.75) is 6.42 Å². The molecule has 0 amide bonds. The van der Waals surface area contributed by atoms with Crippen LogP contribution in [-0.2, 0) is 6.42 Å². The predicted molar refractivity (Wildman–Crippen MR) is 91.2 cm³/mol. The molecule has 0 saturated carbocycles. The molecular formula is C16H13N3O3S. The summed E-state index contributed by atoms with van der Waals surface area (Å²) in [6.07, 6.45) is 0.578. The number of hydrogen-bond acceptors (Lipinski definition) is 5. The van der Waals surface area contributed by atoms with Gasteiger partial charge in [-0.05, 0) is 29.8 Å². The smallest absolute Gasteiger partial charge is 0.269 e. The van der Waals surface area contributed by atoms with Gasteiger partial charge in [-0.2, -0.15) is 5.10 Å². The van der Waals surface area contributed by atoms with E-state index in [2.05, 4.69) is 10.5 Å². The van der Waals surface area contributed by atoms with Gasteiger partial charge in [0.2, 0.25) is 0 Å². The Labute approximate surface area is 137 Å². The highest BCUT2D eigenvalue weighted by atomic mass is 32.1. The molecule has 1 aliphatic heterocycles. The first-order chi connectivity index (χ1) is 11.1. The van der Waals surface area contributed by atoms with Crippen LogP contribution in [-0.4, -0.2) is 22.7 Å². The van der Waals surface area contributed by atoms with Gasteiger partial charge in [-0.25, -0.2) is 0 Å². The summed E-state index contributed by atoms with van der Waals surface area (Å²) in [5.41, 5.74) is 6.26. The lowest BCUT2D eigenvalue weighted by molar-refractivity contribution is -0.384. The quantitative estimate of drug-likeness (QED) is 0.533. The molecule has 23 heavy (non-hydrogen) atoms. The first-order valence-corrected chi connectivity index (χ1v) is 7.28. The zero-order chi connectivity index (χ0) is 16.4. The molecule has 2 aromatic carbocycles. The summed E-state index contributed by atoms with van der Waals surface area (Å²) in [6.45, 7) is 0. The van der Waals surface area contributed by atoms with Gasteiger partial charge in [-0.15, -0.1) is 0 Å². The minimum Gasteiger partial charge on any atom is -0.497 e. The first kappa shape index (κ1) is 15.1. The molecule has 0 aromatic heterocycles. The Bertz CT molecular complexity index is 816. The molecule has 2 aromatic rings. The van der Waals surface area contributed by atoms with Crippen LogP contribution in [0, 0.1) is 10.1 Å². The van der Waals surface area contributed by atoms with Gasteiger partial charge in [0.25, 0.3) is 5.69 Å². The summed E-state index contributed by atoms with van der Waals surface area (Å²) >= 11 is 5.25. The largest absolute Gasteiger partial charge is 0.497 e. The number of thiocarbonyl (C=S) groups is 1. The van der Waals surface area contributed by atoms with E-state index in [0.29, 0.717) is 22.9 Å². The Kier molecular flexibility index (Phi) is 4.03. The number of fused-ring (bicyclic) bond motifs is 1. The number of nitrogens with zero attached hydrogens (tertiary/aromatic N) is 2. The number of rotatable bonds is 3. The molecule has 6 nitrogen and oxygen atoms in total. The number of methoxy groups -OCH3 is 1. The highest BCUT2D eigenvalue weighted by Crippen LogP contribution is 2.24. The van der Waals surface area contributed by atoms with Crippen molar-refractivity contribution in [1.82, 2.24) is 5.43 Å². The number of hydrogen-bond donors (Lipinski definition) is 1. The molecule has 1 N–H and O–H groups in total. The molecule has 0 bridgehead atoms. The third-order valence-corrected chi connectivity index (χ3v) is 3.80. The molecule has 0 radical (unpaired) electrons. The highest BCUT2D eigenvalue weighted by Gasteiger charge is 2.18. The van der Waals surface area contributed by atoms with E-state index in [1.807, 2.05) is 18.2 Å². The van der Waals surface area contributed by atoms with Crippen molar-refractivity contribution in [1.29, 1.82) is 0 Å². The molecule has 3 rings (SSSR count). The SMILES string of the molecule is COc1ccc2c(c1)C(c1ccc([N+](=O)[O-])cc1)=NNC(=S)C2. The van der Waals surface area contributed by atoms with Crippen LogP contribution >= 0.6 is 12.2 Å². The molecule has 7 heteroatoms. The average molecular weight is 327 g/mol. The lowest BCUT2D eigenvalue weighted by Gasteiger charge is -2.10. The van der Waals surface area contributed by atoms with E-state index in [9.17, 15) is 10.1 Å². The Morgan fingerprint density at radius 2 is 2.00 bits per heavy atom. The van der Waals surface area contributed by atoms with Gasteiger partial charge in [0.05, 0.1) is 17.7 Å². The topological polar surface area (TPSA) is 76.8 Å². The normalized spacial score (nSPS) is 13.4. The van der Waals surface area contributed by atoms with Gasteiger partial charge >= 0.3 is 0 Å². The molecule has 116 valence electrons. The number of nitro benzene ring substituents is 1. The fraction of sp³-hybridized carbons (Fsp3) is 0.125. The van der Waals surface area contributed by atoms with E-state index in [4.69, 9.17) is 17.0 Å². The third-order valence-electron chi connectivity index (χ3n) is 3.57. The van der Waals surface area contributed by atoms with Crippen molar-refractivity contribution < 1.29 is 9.66 Å². The van der Waals surface area contributed by atoms with Crippen LogP contribution in [0.4, 0.5) is 5.69 Å². The molecule has 0 saturated heterocycles. The molecule has 0 aliphatic carbocycles. The van der Waals surface area contributed by atoms with Crippen molar-refractivity contribution in [3.05, 3.63) is 69.3 Å². The van der Waals surface area contributed by atoms with E-state index < -0.39 is 4.92 Å². The second kappa shape index (κ2) is 6.13. The van der Waals surface area contributed by atoms with Gasteiger partial charge in [0.1, 0.15) is 10.7 Å². The van der Waals surface area contributed by atoms with Crippen molar-refractivity contribution in [3.63, 3.8) is 0 Å². The Morgan fingerprint density at radius 1 is 1.26 bits per heavy atom. The zero-order valence-electron chi connectivity index (χ0n) is 12.3. The second-order valence-electron chi connectivity index (χ2n) is 5.00. The zero-order valence-corrected chi connectivity index (χ0v) is 13.1. The van der Waals surface area contributed by atoms with Crippen LogP contribution in [0.2, 0.25) is 0 Å². The van der Waals surface area contributed by atoms with Crippen LogP contribution in [0.15, 0.2) is 47.6 Å². The van der Waals surface area contributed by atoms with Gasteiger partial charge < -0.3 is 4.74 Å². The van der Waals surface area contributed by atoms with E-state index >= 15 is 0 Å². The summed E-state index contributed by atoms with van der Waals surface area (Å²) in [7, 11) is 1.60. The molecule has 0 spiro atoms. The van der Waals surface area contributed by atoms with Crippen molar-refractivity contribution >= 4 is 28.6 Å². The number of non-ortho nitro benzene ring substituents is 1. The van der Waals surface area contributed by atoms with E-state index in [-0.39, 0.29) is 5.69 Å². The molecule has 0 fully saturated rings. The van der Waals surface area contributed by atoms with Crippen molar-refractivity contribution in [2.75, 3.05) is 7.11 Å². The summed E-state index contributed by atoms with van der Waals surface area (Å²) in [4.78, 5) is 11.0. The molecule has 1 aliphatic rings. The number of ether oxygens (including phenoxy) is 1. The van der Waals surface area contributed by atoms with Crippen LogP contribution in [0.1, 0.15) is 16.7 Å². The first-order valence-electron chi connectivity index (χ1n) is 6.87. The Hall–Kier alpha value is -2.80. The fourth-order valence-electron chi connectivity index (χ4n) is 2.41. The van der Waals surface area contributed by atoms with E-state index in [1.165, 1.54) is 12.1 Å². The minimum atomic E-state index is -0.428. The lowest BCUT2D eigenvalue weighted by atomic mass is 9.96. The summed E-state index contributed by atoms with van der Waals surface area (Å²) in [6, 6.07) is 12.0. The van der Waals surface area contributed by atoms with Crippen LogP contribution in [0.25, 0.3) is 0 Å². The molecule has 1 heterocycles. The lowest BCUT2D eigenvalue weighted by Crippen LogP contribution is -2.16. The van der Waals surface area contributed by atoms with Gasteiger partial charge in [0, 0.05) is 29.7 Å². The molecule has 0 unspecified atom stereocenters. The maximum Gasteiger partial charge on any atom is 0.269 e. The number of nitro groups is 1. The predicted octanol–water partition coefficient (Wildman–Crippen LogP) is 2.83. The number of hydrazone groups is 1. The van der Waals surface area contributed by atoms with Gasteiger partial charge in [-0.1, -0.05) is 18.3 Å². The van der Waals surface area contributed by atoms with Crippen molar-refractivity contribution in [2.24, 2.45) is 5.10 Å². The third kappa shape index (κ3) is 3.04. The van der Waals surface area contributed by atoms with Gasteiger partial charge in [0.15, 0.2) is 0 Å².